The van der Waals surface area contributed by atoms with Crippen LogP contribution in [-0.2, 0) is 0 Å². The topological polar surface area (TPSA) is 64.3 Å². The Hall–Kier alpha value is -2.47. The predicted octanol–water partition coefficient (Wildman–Crippen LogP) is 4.35. The Balaban J connectivity index is 1.51. The molecule has 2 aromatic rings. The molecule has 0 unspecified atom stereocenters. The van der Waals surface area contributed by atoms with Crippen molar-refractivity contribution in [2.24, 2.45) is 11.7 Å². The smallest absolute Gasteiger partial charge is 0.252 e. The lowest BCUT2D eigenvalue weighted by Gasteiger charge is -2.24. The number of carbonyl (C=O) groups excluding carboxylic acids is 1. The Bertz CT molecular complexity index is 824. The van der Waals surface area contributed by atoms with E-state index in [9.17, 15) is 13.6 Å². The van der Waals surface area contributed by atoms with Gasteiger partial charge in [0.05, 0.1) is 12.2 Å². The molecule has 0 radical (unpaired) electrons. The van der Waals surface area contributed by atoms with Crippen LogP contribution in [0.3, 0.4) is 0 Å². The van der Waals surface area contributed by atoms with Gasteiger partial charge in [-0.1, -0.05) is 12.1 Å². The molecular weight excluding hydrogens is 362 g/mol. The molecule has 1 aliphatic rings. The minimum Gasteiger partial charge on any atom is -0.493 e. The second-order valence-corrected chi connectivity index (χ2v) is 7.40. The molecule has 2 aromatic carbocycles. The first-order valence-corrected chi connectivity index (χ1v) is 9.68. The molecule has 4 nitrogen and oxygen atoms in total. The summed E-state index contributed by atoms with van der Waals surface area (Å²) < 4.78 is 33.5. The van der Waals surface area contributed by atoms with Gasteiger partial charge in [-0.2, -0.15) is 0 Å². The Morgan fingerprint density at radius 2 is 2.00 bits per heavy atom. The minimum absolute atomic E-state index is 0.114. The van der Waals surface area contributed by atoms with Gasteiger partial charge >= 0.3 is 0 Å². The van der Waals surface area contributed by atoms with Crippen LogP contribution in [0.5, 0.6) is 5.75 Å². The first-order chi connectivity index (χ1) is 13.5. The number of amides is 1. The first-order valence-electron chi connectivity index (χ1n) is 9.68. The number of rotatable bonds is 10. The summed E-state index contributed by atoms with van der Waals surface area (Å²) in [6.07, 6.45) is 3.60. The van der Waals surface area contributed by atoms with Crippen LogP contribution >= 0.6 is 0 Å². The van der Waals surface area contributed by atoms with Crippen molar-refractivity contribution in [2.75, 3.05) is 6.61 Å². The van der Waals surface area contributed by atoms with Crippen molar-refractivity contribution in [1.82, 2.24) is 5.32 Å². The molecule has 0 aliphatic heterocycles. The van der Waals surface area contributed by atoms with E-state index >= 15 is 0 Å². The van der Waals surface area contributed by atoms with Crippen molar-refractivity contribution >= 4 is 5.91 Å². The lowest BCUT2D eigenvalue weighted by molar-refractivity contribution is 0.0996. The number of nitrogens with two attached hydrogens (primary N) is 1. The molecule has 1 amide bonds. The van der Waals surface area contributed by atoms with E-state index in [0.29, 0.717) is 29.4 Å². The molecule has 1 saturated carbocycles. The number of halogens is 2. The Morgan fingerprint density at radius 3 is 2.71 bits per heavy atom. The molecule has 0 spiro atoms. The summed E-state index contributed by atoms with van der Waals surface area (Å²) >= 11 is 0. The van der Waals surface area contributed by atoms with E-state index in [1.807, 2.05) is 6.92 Å². The van der Waals surface area contributed by atoms with Gasteiger partial charge in [0, 0.05) is 17.6 Å². The molecule has 28 heavy (non-hydrogen) atoms. The van der Waals surface area contributed by atoms with E-state index in [-0.39, 0.29) is 17.9 Å². The van der Waals surface area contributed by atoms with Gasteiger partial charge in [0.15, 0.2) is 0 Å². The van der Waals surface area contributed by atoms with Crippen molar-refractivity contribution in [2.45, 2.75) is 44.7 Å². The highest BCUT2D eigenvalue weighted by atomic mass is 19.1. The molecule has 6 heteroatoms. The summed E-state index contributed by atoms with van der Waals surface area (Å²) in [5.74, 6) is -0.483. The van der Waals surface area contributed by atoms with Crippen molar-refractivity contribution < 1.29 is 18.3 Å². The summed E-state index contributed by atoms with van der Waals surface area (Å²) in [6.45, 7) is 2.47. The Morgan fingerprint density at radius 1 is 1.25 bits per heavy atom. The van der Waals surface area contributed by atoms with Gasteiger partial charge in [-0.25, -0.2) is 8.78 Å². The Kier molecular flexibility index (Phi) is 6.62. The molecule has 0 saturated heterocycles. The predicted molar refractivity (Wildman–Crippen MR) is 104 cm³/mol. The van der Waals surface area contributed by atoms with Crippen LogP contribution in [0.1, 0.15) is 54.6 Å². The molecule has 0 bridgehead atoms. The van der Waals surface area contributed by atoms with Gasteiger partial charge in [0.25, 0.3) is 5.91 Å². The molecule has 2 atom stereocenters. The zero-order chi connectivity index (χ0) is 20.1. The normalized spacial score (nSPS) is 15.8. The van der Waals surface area contributed by atoms with Gasteiger partial charge < -0.3 is 15.8 Å². The molecule has 3 rings (SSSR count). The van der Waals surface area contributed by atoms with Crippen LogP contribution in [0.4, 0.5) is 8.78 Å². The SMILES string of the molecule is C[C@H](CCCOc1ccccc1C(N)=O)N[C@@H](c1cc(F)ccc1F)C1CC1. The third kappa shape index (κ3) is 5.29. The van der Waals surface area contributed by atoms with E-state index < -0.39 is 11.7 Å². The van der Waals surface area contributed by atoms with Crippen LogP contribution in [0.15, 0.2) is 42.5 Å². The maximum Gasteiger partial charge on any atom is 0.252 e. The van der Waals surface area contributed by atoms with Crippen molar-refractivity contribution in [3.8, 4) is 5.75 Å². The summed E-state index contributed by atoms with van der Waals surface area (Å²) in [7, 11) is 0. The van der Waals surface area contributed by atoms with Crippen LogP contribution in [0.25, 0.3) is 0 Å². The lowest BCUT2D eigenvalue weighted by Crippen LogP contribution is -2.32. The van der Waals surface area contributed by atoms with E-state index in [1.165, 1.54) is 12.1 Å². The summed E-state index contributed by atoms with van der Waals surface area (Å²) in [5.41, 5.74) is 6.12. The van der Waals surface area contributed by atoms with Gasteiger partial charge in [-0.05, 0) is 68.9 Å². The number of benzene rings is 2. The van der Waals surface area contributed by atoms with Gasteiger partial charge in [0.1, 0.15) is 17.4 Å². The second kappa shape index (κ2) is 9.15. The number of hydrogen-bond donors (Lipinski definition) is 2. The molecule has 150 valence electrons. The average Bonchev–Trinajstić information content (AvgIpc) is 3.51. The number of primary amides is 1. The first kappa shape index (κ1) is 20.3. The highest BCUT2D eigenvalue weighted by molar-refractivity contribution is 5.95. The maximum absolute atomic E-state index is 14.2. The molecule has 1 fully saturated rings. The molecule has 3 N–H and O–H groups in total. The third-order valence-corrected chi connectivity index (χ3v) is 5.04. The van der Waals surface area contributed by atoms with Crippen LogP contribution in [0.2, 0.25) is 0 Å². The number of para-hydroxylation sites is 1. The fourth-order valence-electron chi connectivity index (χ4n) is 3.42. The van der Waals surface area contributed by atoms with Crippen LogP contribution in [0, 0.1) is 17.6 Å². The fraction of sp³-hybridized carbons (Fsp3) is 0.409. The van der Waals surface area contributed by atoms with Crippen molar-refractivity contribution in [3.05, 3.63) is 65.2 Å². The number of hydrogen-bond acceptors (Lipinski definition) is 3. The molecule has 0 heterocycles. The van der Waals surface area contributed by atoms with E-state index in [2.05, 4.69) is 5.32 Å². The number of nitrogens with one attached hydrogen (secondary N) is 1. The molecular formula is C22H26F2N2O2. The van der Waals surface area contributed by atoms with E-state index in [0.717, 1.165) is 31.7 Å². The Labute approximate surface area is 164 Å². The average molecular weight is 388 g/mol. The monoisotopic (exact) mass is 388 g/mol. The summed E-state index contributed by atoms with van der Waals surface area (Å²) in [5, 5.41) is 3.46. The standard InChI is InChI=1S/C22H26F2N2O2/c1-14(5-4-12-28-20-7-3-2-6-17(20)22(25)27)26-21(15-8-9-15)18-13-16(23)10-11-19(18)24/h2-3,6-7,10-11,13-15,21,26H,4-5,8-9,12H2,1H3,(H2,25,27)/t14-,21-/m1/s1. The quantitative estimate of drug-likeness (QED) is 0.595. The van der Waals surface area contributed by atoms with Gasteiger partial charge in [0.2, 0.25) is 0 Å². The summed E-state index contributed by atoms with van der Waals surface area (Å²) in [6, 6.07) is 10.5. The number of ether oxygens (including phenoxy) is 1. The van der Waals surface area contributed by atoms with Crippen LogP contribution < -0.4 is 15.8 Å². The zero-order valence-electron chi connectivity index (χ0n) is 16.0. The number of carbonyl (C=O) groups is 1. The van der Waals surface area contributed by atoms with E-state index in [1.54, 1.807) is 24.3 Å². The molecule has 0 aromatic heterocycles. The van der Waals surface area contributed by atoms with Gasteiger partial charge in [-0.3, -0.25) is 4.79 Å². The lowest BCUT2D eigenvalue weighted by atomic mass is 9.99. The minimum atomic E-state index is -0.518. The van der Waals surface area contributed by atoms with Crippen LogP contribution in [-0.4, -0.2) is 18.6 Å². The highest BCUT2D eigenvalue weighted by Crippen LogP contribution is 2.42. The largest absolute Gasteiger partial charge is 0.493 e. The van der Waals surface area contributed by atoms with E-state index in [4.69, 9.17) is 10.5 Å². The maximum atomic E-state index is 14.2. The fourth-order valence-corrected chi connectivity index (χ4v) is 3.42. The zero-order valence-corrected chi connectivity index (χ0v) is 16.0. The van der Waals surface area contributed by atoms with Crippen molar-refractivity contribution in [3.63, 3.8) is 0 Å². The summed E-state index contributed by atoms with van der Waals surface area (Å²) in [4.78, 5) is 11.4. The van der Waals surface area contributed by atoms with Gasteiger partial charge in [-0.15, -0.1) is 0 Å². The highest BCUT2D eigenvalue weighted by Gasteiger charge is 2.34. The third-order valence-electron chi connectivity index (χ3n) is 5.04. The van der Waals surface area contributed by atoms with Crippen molar-refractivity contribution in [1.29, 1.82) is 0 Å². The second-order valence-electron chi connectivity index (χ2n) is 7.40. The molecule has 1 aliphatic carbocycles.